The van der Waals surface area contributed by atoms with Crippen LogP contribution in [-0.2, 0) is 16.2 Å². The number of anilines is 1. The Morgan fingerprint density at radius 2 is 1.77 bits per heavy atom. The third kappa shape index (κ3) is 3.35. The first-order chi connectivity index (χ1) is 10.2. The number of nitriles is 1. The first-order valence-electron chi connectivity index (χ1n) is 5.79. The van der Waals surface area contributed by atoms with Crippen molar-refractivity contribution in [1.82, 2.24) is 4.98 Å². The van der Waals surface area contributed by atoms with Gasteiger partial charge in [-0.25, -0.2) is 13.4 Å². The van der Waals surface area contributed by atoms with Gasteiger partial charge in [0.15, 0.2) is 5.82 Å². The first kappa shape index (κ1) is 15.8. The summed E-state index contributed by atoms with van der Waals surface area (Å²) in [6, 6.07) is 7.57. The molecule has 5 nitrogen and oxygen atoms in total. The highest BCUT2D eigenvalue weighted by atomic mass is 32.2. The molecule has 0 fully saturated rings. The maximum absolute atomic E-state index is 12.5. The van der Waals surface area contributed by atoms with E-state index in [1.165, 1.54) is 18.3 Å². The van der Waals surface area contributed by atoms with Gasteiger partial charge >= 0.3 is 6.18 Å². The molecule has 0 saturated heterocycles. The number of benzene rings is 1. The zero-order valence-corrected chi connectivity index (χ0v) is 11.6. The summed E-state index contributed by atoms with van der Waals surface area (Å²) >= 11 is 0. The lowest BCUT2D eigenvalue weighted by atomic mass is 10.2. The molecule has 0 aliphatic heterocycles. The van der Waals surface area contributed by atoms with E-state index in [0.717, 1.165) is 12.1 Å². The molecule has 0 spiro atoms. The van der Waals surface area contributed by atoms with Crippen molar-refractivity contribution >= 4 is 15.8 Å². The Labute approximate surface area is 124 Å². The van der Waals surface area contributed by atoms with Gasteiger partial charge in [0.1, 0.15) is 6.07 Å². The maximum atomic E-state index is 12.5. The second-order valence-corrected chi connectivity index (χ2v) is 5.82. The molecule has 1 aromatic heterocycles. The van der Waals surface area contributed by atoms with Crippen molar-refractivity contribution in [1.29, 1.82) is 5.26 Å². The summed E-state index contributed by atoms with van der Waals surface area (Å²) in [6.45, 7) is 0. The number of alkyl halides is 3. The molecule has 0 aliphatic carbocycles. The Morgan fingerprint density at radius 3 is 2.32 bits per heavy atom. The van der Waals surface area contributed by atoms with E-state index in [0.29, 0.717) is 12.1 Å². The summed E-state index contributed by atoms with van der Waals surface area (Å²) < 4.78 is 63.6. The quantitative estimate of drug-likeness (QED) is 0.939. The van der Waals surface area contributed by atoms with Crippen molar-refractivity contribution in [3.05, 3.63) is 53.7 Å². The van der Waals surface area contributed by atoms with Crippen LogP contribution in [0.3, 0.4) is 0 Å². The lowest BCUT2D eigenvalue weighted by Gasteiger charge is -2.10. The zero-order valence-electron chi connectivity index (χ0n) is 10.8. The Hall–Kier alpha value is -2.60. The minimum atomic E-state index is -4.55. The number of hydrogen-bond donors (Lipinski definition) is 1. The van der Waals surface area contributed by atoms with Crippen LogP contribution in [0.2, 0.25) is 0 Å². The average Bonchev–Trinajstić information content (AvgIpc) is 2.47. The average molecular weight is 327 g/mol. The van der Waals surface area contributed by atoms with Gasteiger partial charge in [0.05, 0.1) is 16.0 Å². The molecule has 2 rings (SSSR count). The largest absolute Gasteiger partial charge is 0.416 e. The van der Waals surface area contributed by atoms with Crippen LogP contribution >= 0.6 is 0 Å². The van der Waals surface area contributed by atoms with Crippen molar-refractivity contribution < 1.29 is 21.6 Å². The van der Waals surface area contributed by atoms with Gasteiger partial charge in [-0.05, 0) is 36.4 Å². The van der Waals surface area contributed by atoms with Gasteiger partial charge in [-0.2, -0.15) is 18.4 Å². The molecule has 0 radical (unpaired) electrons. The first-order valence-corrected chi connectivity index (χ1v) is 7.27. The molecule has 0 aliphatic rings. The van der Waals surface area contributed by atoms with Crippen LogP contribution in [0.1, 0.15) is 11.1 Å². The van der Waals surface area contributed by atoms with Gasteiger partial charge in [-0.15, -0.1) is 0 Å². The summed E-state index contributed by atoms with van der Waals surface area (Å²) in [5.74, 6) is -0.190. The lowest BCUT2D eigenvalue weighted by molar-refractivity contribution is -0.137. The number of sulfonamides is 1. The lowest BCUT2D eigenvalue weighted by Crippen LogP contribution is -2.15. The fraction of sp³-hybridized carbons (Fsp3) is 0.0769. The van der Waals surface area contributed by atoms with Gasteiger partial charge in [0, 0.05) is 6.20 Å². The molecule has 2 aromatic rings. The van der Waals surface area contributed by atoms with Gasteiger partial charge in [0.2, 0.25) is 0 Å². The molecule has 0 bridgehead atoms. The molecular formula is C13H8F3N3O2S. The van der Waals surface area contributed by atoms with E-state index >= 15 is 0 Å². The molecule has 9 heteroatoms. The van der Waals surface area contributed by atoms with Crippen molar-refractivity contribution in [3.63, 3.8) is 0 Å². The van der Waals surface area contributed by atoms with Crippen LogP contribution in [0.15, 0.2) is 47.5 Å². The van der Waals surface area contributed by atoms with Crippen LogP contribution in [0.25, 0.3) is 0 Å². The molecule has 1 N–H and O–H groups in total. The molecular weight excluding hydrogens is 319 g/mol. The summed E-state index contributed by atoms with van der Waals surface area (Å²) in [6.07, 6.45) is -3.27. The standard InChI is InChI=1S/C13H8F3N3O2S/c14-13(15,16)10-3-5-11(6-4-10)22(20,21)19-12-9(8-17)2-1-7-18-12/h1-7H,(H,18,19). The molecule has 0 amide bonds. The monoisotopic (exact) mass is 327 g/mol. The van der Waals surface area contributed by atoms with Gasteiger partial charge in [-0.3, -0.25) is 4.72 Å². The Kier molecular flexibility index (Phi) is 4.05. The minimum absolute atomic E-state index is 0.00186. The van der Waals surface area contributed by atoms with E-state index in [2.05, 4.69) is 9.71 Å². The highest BCUT2D eigenvalue weighted by Crippen LogP contribution is 2.30. The predicted molar refractivity (Wildman–Crippen MR) is 71.2 cm³/mol. The van der Waals surface area contributed by atoms with Crippen molar-refractivity contribution in [2.75, 3.05) is 4.72 Å². The number of halogens is 3. The van der Waals surface area contributed by atoms with Crippen molar-refractivity contribution in [3.8, 4) is 6.07 Å². The molecule has 0 atom stereocenters. The zero-order chi connectivity index (χ0) is 16.4. The highest BCUT2D eigenvalue weighted by Gasteiger charge is 2.30. The number of hydrogen-bond acceptors (Lipinski definition) is 4. The van der Waals surface area contributed by atoms with Crippen LogP contribution in [0.4, 0.5) is 19.0 Å². The van der Waals surface area contributed by atoms with E-state index in [-0.39, 0.29) is 16.3 Å². The molecule has 1 aromatic carbocycles. The smallest absolute Gasteiger partial charge is 0.262 e. The number of rotatable bonds is 3. The van der Waals surface area contributed by atoms with Crippen molar-refractivity contribution in [2.24, 2.45) is 0 Å². The van der Waals surface area contributed by atoms with Crippen molar-refractivity contribution in [2.45, 2.75) is 11.1 Å². The number of nitrogens with zero attached hydrogens (tertiary/aromatic N) is 2. The molecule has 114 valence electrons. The fourth-order valence-electron chi connectivity index (χ4n) is 1.59. The van der Waals surface area contributed by atoms with Crippen LogP contribution < -0.4 is 4.72 Å². The minimum Gasteiger partial charge on any atom is -0.262 e. The van der Waals surface area contributed by atoms with E-state index in [1.807, 2.05) is 0 Å². The highest BCUT2D eigenvalue weighted by molar-refractivity contribution is 7.92. The summed E-state index contributed by atoms with van der Waals surface area (Å²) in [7, 11) is -4.14. The normalized spacial score (nSPS) is 11.7. The second kappa shape index (κ2) is 5.65. The molecule has 1 heterocycles. The summed E-state index contributed by atoms with van der Waals surface area (Å²) in [5, 5.41) is 8.86. The number of pyridine rings is 1. The van der Waals surface area contributed by atoms with Crippen LogP contribution in [-0.4, -0.2) is 13.4 Å². The van der Waals surface area contributed by atoms with Gasteiger partial charge in [0.25, 0.3) is 10.0 Å². The van der Waals surface area contributed by atoms with E-state index in [1.54, 1.807) is 6.07 Å². The second-order valence-electron chi connectivity index (χ2n) is 4.14. The summed E-state index contributed by atoms with van der Waals surface area (Å²) in [5.41, 5.74) is -0.958. The molecule has 0 saturated carbocycles. The SMILES string of the molecule is N#Cc1cccnc1NS(=O)(=O)c1ccc(C(F)(F)F)cc1. The number of aromatic nitrogens is 1. The van der Waals surface area contributed by atoms with E-state index < -0.39 is 21.8 Å². The van der Waals surface area contributed by atoms with Gasteiger partial charge < -0.3 is 0 Å². The Bertz CT molecular complexity index is 825. The van der Waals surface area contributed by atoms with Crippen LogP contribution in [0, 0.1) is 11.3 Å². The van der Waals surface area contributed by atoms with Crippen LogP contribution in [0.5, 0.6) is 0 Å². The molecule has 22 heavy (non-hydrogen) atoms. The topological polar surface area (TPSA) is 82.8 Å². The predicted octanol–water partition coefficient (Wildman–Crippen LogP) is 2.77. The number of nitrogens with one attached hydrogen (secondary N) is 1. The van der Waals surface area contributed by atoms with Gasteiger partial charge in [-0.1, -0.05) is 0 Å². The third-order valence-corrected chi connectivity index (χ3v) is 4.01. The Morgan fingerprint density at radius 1 is 1.14 bits per heavy atom. The Balaban J connectivity index is 2.33. The maximum Gasteiger partial charge on any atom is 0.416 e. The van der Waals surface area contributed by atoms with E-state index in [4.69, 9.17) is 5.26 Å². The third-order valence-electron chi connectivity index (χ3n) is 2.65. The fourth-order valence-corrected chi connectivity index (χ4v) is 2.62. The molecule has 0 unspecified atom stereocenters. The summed E-state index contributed by atoms with van der Waals surface area (Å²) in [4.78, 5) is 3.36. The van der Waals surface area contributed by atoms with E-state index in [9.17, 15) is 21.6 Å².